The third-order valence-electron chi connectivity index (χ3n) is 3.51. The summed E-state index contributed by atoms with van der Waals surface area (Å²) in [7, 11) is -0.532. The molecular weight excluding hydrogens is 405 g/mol. The van der Waals surface area contributed by atoms with Crippen LogP contribution in [0.5, 0.6) is 0 Å². The lowest BCUT2D eigenvalue weighted by molar-refractivity contribution is 0.102. The monoisotopic (exact) mass is 425 g/mol. The SMILES string of the molecule is CCNS(=O)(=O)c1ccc(F)c(C(=O)Nc2ccc(SC(=O)N(C)C)cc2)c1. The van der Waals surface area contributed by atoms with Crippen LogP contribution in [0.2, 0.25) is 0 Å². The second-order valence-corrected chi connectivity index (χ2v) is 8.68. The van der Waals surface area contributed by atoms with Gasteiger partial charge in [0.1, 0.15) is 5.82 Å². The molecule has 0 unspecified atom stereocenters. The number of nitrogens with one attached hydrogen (secondary N) is 2. The molecule has 0 bridgehead atoms. The van der Waals surface area contributed by atoms with Crippen LogP contribution in [0, 0.1) is 5.82 Å². The fourth-order valence-electron chi connectivity index (χ4n) is 2.12. The van der Waals surface area contributed by atoms with Gasteiger partial charge in [-0.05, 0) is 54.2 Å². The molecule has 2 N–H and O–H groups in total. The number of carbonyl (C=O) groups excluding carboxylic acids is 2. The molecule has 0 heterocycles. The van der Waals surface area contributed by atoms with Crippen LogP contribution >= 0.6 is 11.8 Å². The molecular formula is C18H20FN3O4S2. The number of anilines is 1. The number of halogens is 1. The highest BCUT2D eigenvalue weighted by atomic mass is 32.2. The number of nitrogens with zero attached hydrogens (tertiary/aromatic N) is 1. The topological polar surface area (TPSA) is 95.6 Å². The van der Waals surface area contributed by atoms with Crippen LogP contribution in [0.3, 0.4) is 0 Å². The third-order valence-corrected chi connectivity index (χ3v) is 6.10. The zero-order chi connectivity index (χ0) is 20.9. The van der Waals surface area contributed by atoms with E-state index in [4.69, 9.17) is 0 Å². The first-order chi connectivity index (χ1) is 13.1. The molecule has 0 atom stereocenters. The average molecular weight is 426 g/mol. The fraction of sp³-hybridized carbons (Fsp3) is 0.222. The van der Waals surface area contributed by atoms with Crippen molar-refractivity contribution < 1.29 is 22.4 Å². The summed E-state index contributed by atoms with van der Waals surface area (Å²) < 4.78 is 40.4. The Morgan fingerprint density at radius 1 is 1.11 bits per heavy atom. The van der Waals surface area contributed by atoms with E-state index in [0.717, 1.165) is 30.0 Å². The Morgan fingerprint density at radius 2 is 1.75 bits per heavy atom. The van der Waals surface area contributed by atoms with E-state index >= 15 is 0 Å². The first kappa shape index (κ1) is 21.9. The molecule has 150 valence electrons. The second kappa shape index (κ2) is 9.18. The van der Waals surface area contributed by atoms with E-state index in [1.807, 2.05) is 0 Å². The highest BCUT2D eigenvalue weighted by molar-refractivity contribution is 8.13. The molecule has 10 heteroatoms. The van der Waals surface area contributed by atoms with E-state index in [9.17, 15) is 22.4 Å². The molecule has 0 radical (unpaired) electrons. The summed E-state index contributed by atoms with van der Waals surface area (Å²) >= 11 is 1.03. The molecule has 2 aromatic carbocycles. The van der Waals surface area contributed by atoms with Crippen molar-refractivity contribution in [2.75, 3.05) is 26.0 Å². The van der Waals surface area contributed by atoms with Crippen molar-refractivity contribution in [2.45, 2.75) is 16.7 Å². The molecule has 0 saturated heterocycles. The zero-order valence-corrected chi connectivity index (χ0v) is 17.2. The molecule has 0 aliphatic rings. The molecule has 0 spiro atoms. The molecule has 2 rings (SSSR count). The Hall–Kier alpha value is -2.43. The number of rotatable bonds is 6. The summed E-state index contributed by atoms with van der Waals surface area (Å²) in [4.78, 5) is 26.0. The predicted molar refractivity (Wildman–Crippen MR) is 107 cm³/mol. The van der Waals surface area contributed by atoms with Crippen LogP contribution in [0.25, 0.3) is 0 Å². The molecule has 2 aromatic rings. The van der Waals surface area contributed by atoms with E-state index in [2.05, 4.69) is 10.0 Å². The van der Waals surface area contributed by atoms with Crippen LogP contribution in [-0.2, 0) is 10.0 Å². The Morgan fingerprint density at radius 3 is 2.32 bits per heavy atom. The summed E-state index contributed by atoms with van der Waals surface area (Å²) in [5.74, 6) is -1.62. The Bertz CT molecular complexity index is 977. The summed E-state index contributed by atoms with van der Waals surface area (Å²) in [6.45, 7) is 1.78. The van der Waals surface area contributed by atoms with E-state index < -0.39 is 21.7 Å². The molecule has 0 aromatic heterocycles. The lowest BCUT2D eigenvalue weighted by Gasteiger charge is -2.11. The van der Waals surface area contributed by atoms with Crippen molar-refractivity contribution in [3.05, 3.63) is 53.8 Å². The van der Waals surface area contributed by atoms with Crippen molar-refractivity contribution in [1.82, 2.24) is 9.62 Å². The van der Waals surface area contributed by atoms with Gasteiger partial charge in [0.15, 0.2) is 0 Å². The highest BCUT2D eigenvalue weighted by Gasteiger charge is 2.19. The van der Waals surface area contributed by atoms with Crippen molar-refractivity contribution in [1.29, 1.82) is 0 Å². The van der Waals surface area contributed by atoms with Crippen molar-refractivity contribution >= 4 is 38.6 Å². The normalized spacial score (nSPS) is 11.1. The smallest absolute Gasteiger partial charge is 0.285 e. The van der Waals surface area contributed by atoms with Crippen molar-refractivity contribution in [3.8, 4) is 0 Å². The minimum absolute atomic E-state index is 0.141. The molecule has 2 amide bonds. The standard InChI is InChI=1S/C18H20FN3O4S2/c1-4-20-28(25,26)14-9-10-16(19)15(11-14)17(23)21-12-5-7-13(8-6-12)27-18(24)22(2)3/h5-11,20H,4H2,1-3H3,(H,21,23). The van der Waals surface area contributed by atoms with Gasteiger partial charge in [-0.3, -0.25) is 9.59 Å². The van der Waals surface area contributed by atoms with Crippen LogP contribution in [0.4, 0.5) is 14.9 Å². The summed E-state index contributed by atoms with van der Waals surface area (Å²) in [5, 5.41) is 2.37. The number of sulfonamides is 1. The van der Waals surface area contributed by atoms with Gasteiger partial charge in [0.2, 0.25) is 10.0 Å². The van der Waals surface area contributed by atoms with E-state index in [-0.39, 0.29) is 22.2 Å². The van der Waals surface area contributed by atoms with Crippen LogP contribution in [0.15, 0.2) is 52.3 Å². The lowest BCUT2D eigenvalue weighted by atomic mass is 10.2. The number of thioether (sulfide) groups is 1. The first-order valence-electron chi connectivity index (χ1n) is 8.24. The Kier molecular flexibility index (Phi) is 7.17. The van der Waals surface area contributed by atoms with Gasteiger partial charge < -0.3 is 10.2 Å². The van der Waals surface area contributed by atoms with Gasteiger partial charge >= 0.3 is 0 Å². The van der Waals surface area contributed by atoms with Gasteiger partial charge in [-0.25, -0.2) is 17.5 Å². The van der Waals surface area contributed by atoms with Gasteiger partial charge in [-0.2, -0.15) is 0 Å². The van der Waals surface area contributed by atoms with E-state index in [1.165, 1.54) is 4.90 Å². The fourth-order valence-corrected chi connectivity index (χ4v) is 3.84. The van der Waals surface area contributed by atoms with Crippen LogP contribution in [-0.4, -0.2) is 45.1 Å². The number of benzene rings is 2. The minimum atomic E-state index is -3.82. The molecule has 28 heavy (non-hydrogen) atoms. The Labute approximate surface area is 167 Å². The highest BCUT2D eigenvalue weighted by Crippen LogP contribution is 2.23. The largest absolute Gasteiger partial charge is 0.339 e. The number of hydrogen-bond acceptors (Lipinski definition) is 5. The molecule has 0 aliphatic heterocycles. The number of carbonyl (C=O) groups is 2. The summed E-state index contributed by atoms with van der Waals surface area (Å²) in [5.41, 5.74) is -0.00814. The number of hydrogen-bond donors (Lipinski definition) is 2. The molecule has 0 aliphatic carbocycles. The maximum absolute atomic E-state index is 14.1. The maximum Gasteiger partial charge on any atom is 0.285 e. The Balaban J connectivity index is 2.18. The predicted octanol–water partition coefficient (Wildman–Crippen LogP) is 3.15. The molecule has 0 saturated carbocycles. The average Bonchev–Trinajstić information content (AvgIpc) is 2.63. The summed E-state index contributed by atoms with van der Waals surface area (Å²) in [6.07, 6.45) is 0. The van der Waals surface area contributed by atoms with Gasteiger partial charge in [0.05, 0.1) is 10.5 Å². The van der Waals surface area contributed by atoms with Crippen molar-refractivity contribution in [3.63, 3.8) is 0 Å². The van der Waals surface area contributed by atoms with Gasteiger partial charge in [0.25, 0.3) is 11.1 Å². The quantitative estimate of drug-likeness (QED) is 0.693. The molecule has 0 fully saturated rings. The second-order valence-electron chi connectivity index (χ2n) is 5.88. The lowest BCUT2D eigenvalue weighted by Crippen LogP contribution is -2.24. The van der Waals surface area contributed by atoms with Crippen molar-refractivity contribution in [2.24, 2.45) is 0 Å². The van der Waals surface area contributed by atoms with Crippen LogP contribution < -0.4 is 10.0 Å². The summed E-state index contributed by atoms with van der Waals surface area (Å²) in [6, 6.07) is 9.45. The van der Waals surface area contributed by atoms with Gasteiger partial charge in [-0.1, -0.05) is 6.92 Å². The first-order valence-corrected chi connectivity index (χ1v) is 10.5. The third kappa shape index (κ3) is 5.54. The van der Waals surface area contributed by atoms with Crippen LogP contribution in [0.1, 0.15) is 17.3 Å². The van der Waals surface area contributed by atoms with Gasteiger partial charge in [-0.15, -0.1) is 0 Å². The minimum Gasteiger partial charge on any atom is -0.339 e. The van der Waals surface area contributed by atoms with E-state index in [0.29, 0.717) is 10.6 Å². The molecule has 7 nitrogen and oxygen atoms in total. The zero-order valence-electron chi connectivity index (χ0n) is 15.5. The maximum atomic E-state index is 14.1. The van der Waals surface area contributed by atoms with E-state index in [1.54, 1.807) is 45.3 Å². The number of amides is 2. The van der Waals surface area contributed by atoms with Gasteiger partial charge in [0, 0.05) is 31.2 Å².